The lowest BCUT2D eigenvalue weighted by atomic mass is 10.1. The molecule has 0 atom stereocenters. The van der Waals surface area contributed by atoms with Crippen molar-refractivity contribution in [1.82, 2.24) is 9.88 Å². The summed E-state index contributed by atoms with van der Waals surface area (Å²) < 4.78 is 1.03. The van der Waals surface area contributed by atoms with E-state index in [4.69, 9.17) is 4.98 Å². The fourth-order valence-corrected chi connectivity index (χ4v) is 5.70. The number of imide groups is 1. The van der Waals surface area contributed by atoms with Gasteiger partial charge in [-0.05, 0) is 49.7 Å². The zero-order valence-corrected chi connectivity index (χ0v) is 21.2. The van der Waals surface area contributed by atoms with E-state index in [-0.39, 0.29) is 30.6 Å². The topological polar surface area (TPSA) is 73.8 Å². The number of carbonyl (C=O) groups is 3. The van der Waals surface area contributed by atoms with Crippen LogP contribution in [0.3, 0.4) is 0 Å². The first-order valence-corrected chi connectivity index (χ1v) is 13.4. The predicted molar refractivity (Wildman–Crippen MR) is 139 cm³/mol. The Bertz CT molecular complexity index is 1210. The van der Waals surface area contributed by atoms with Gasteiger partial charge in [-0.25, -0.2) is 4.98 Å². The Balaban J connectivity index is 1.70. The molecule has 1 aliphatic heterocycles. The van der Waals surface area contributed by atoms with Gasteiger partial charge in [0, 0.05) is 36.4 Å². The van der Waals surface area contributed by atoms with Gasteiger partial charge in [-0.3, -0.25) is 24.2 Å². The molecule has 0 unspecified atom stereocenters. The number of aromatic nitrogens is 1. The Labute approximate surface area is 207 Å². The number of nitrogens with zero attached hydrogens (tertiary/aromatic N) is 4. The number of thiazole rings is 1. The smallest absolute Gasteiger partial charge is 0.260 e. The number of likely N-dealkylation sites (N-methyl/N-ethyl adjacent to an activating group) is 1. The number of carbonyl (C=O) groups excluding carboxylic acids is 3. The maximum atomic E-state index is 13.8. The number of benzene rings is 2. The van der Waals surface area contributed by atoms with Gasteiger partial charge in [0.05, 0.1) is 15.9 Å². The van der Waals surface area contributed by atoms with E-state index in [0.717, 1.165) is 28.2 Å². The number of amides is 3. The second-order valence-corrected chi connectivity index (χ2v) is 9.82. The highest BCUT2D eigenvalue weighted by molar-refractivity contribution is 7.98. The highest BCUT2D eigenvalue weighted by atomic mass is 32.2. The molecule has 0 radical (unpaired) electrons. The average Bonchev–Trinajstić information content (AvgIpc) is 3.44. The summed E-state index contributed by atoms with van der Waals surface area (Å²) in [5, 5.41) is 0.646. The molecule has 0 aliphatic carbocycles. The molecule has 2 heterocycles. The van der Waals surface area contributed by atoms with E-state index in [1.165, 1.54) is 16.2 Å². The van der Waals surface area contributed by atoms with E-state index in [0.29, 0.717) is 29.5 Å². The summed E-state index contributed by atoms with van der Waals surface area (Å²) in [4.78, 5) is 49.3. The van der Waals surface area contributed by atoms with Crippen LogP contribution in [-0.4, -0.2) is 60.0 Å². The lowest BCUT2D eigenvalue weighted by molar-refractivity contribution is -0.121. The molecule has 1 aliphatic rings. The molecule has 1 fully saturated rings. The molecule has 9 heteroatoms. The Morgan fingerprint density at radius 1 is 1.06 bits per heavy atom. The number of hydrogen-bond acceptors (Lipinski definition) is 7. The first-order chi connectivity index (χ1) is 16.5. The molecule has 3 aromatic rings. The van der Waals surface area contributed by atoms with Gasteiger partial charge in [-0.15, -0.1) is 11.8 Å². The number of hydrogen-bond donors (Lipinski definition) is 0. The average molecular weight is 497 g/mol. The lowest BCUT2D eigenvalue weighted by Gasteiger charge is -2.25. The molecule has 0 bridgehead atoms. The number of thioether (sulfide) groups is 1. The Kier molecular flexibility index (Phi) is 7.65. The second-order valence-electron chi connectivity index (χ2n) is 7.96. The number of rotatable bonds is 9. The largest absolute Gasteiger partial charge is 0.302 e. The summed E-state index contributed by atoms with van der Waals surface area (Å²) >= 11 is 3.13. The molecule has 1 aromatic heterocycles. The quantitative estimate of drug-likeness (QED) is 0.317. The monoisotopic (exact) mass is 496 g/mol. The molecular formula is C25H28N4O3S2. The molecule has 2 aromatic carbocycles. The molecule has 4 rings (SSSR count). The van der Waals surface area contributed by atoms with Crippen molar-refractivity contribution in [2.75, 3.05) is 42.2 Å². The van der Waals surface area contributed by atoms with Crippen LogP contribution in [0.15, 0.2) is 47.4 Å². The second kappa shape index (κ2) is 10.7. The van der Waals surface area contributed by atoms with Crippen LogP contribution in [0, 0.1) is 0 Å². The maximum absolute atomic E-state index is 13.8. The minimum Gasteiger partial charge on any atom is -0.302 e. The SMILES string of the molecule is CCN(CC)CCN(C(=O)c1cccc(N2C(=O)CCC2=O)c1)c1nc2c(SC)cccc2s1. The molecule has 1 saturated heterocycles. The maximum Gasteiger partial charge on any atom is 0.260 e. The molecule has 7 nitrogen and oxygen atoms in total. The minimum absolute atomic E-state index is 0.196. The number of anilines is 2. The van der Waals surface area contributed by atoms with E-state index < -0.39 is 0 Å². The van der Waals surface area contributed by atoms with Gasteiger partial charge in [0.2, 0.25) is 11.8 Å². The van der Waals surface area contributed by atoms with E-state index in [9.17, 15) is 14.4 Å². The highest BCUT2D eigenvalue weighted by Gasteiger charge is 2.31. The van der Waals surface area contributed by atoms with E-state index in [1.54, 1.807) is 40.9 Å². The zero-order valence-electron chi connectivity index (χ0n) is 19.6. The summed E-state index contributed by atoms with van der Waals surface area (Å²) in [6.07, 6.45) is 2.43. The first-order valence-electron chi connectivity index (χ1n) is 11.4. The summed E-state index contributed by atoms with van der Waals surface area (Å²) in [6, 6.07) is 12.8. The Hall–Kier alpha value is -2.75. The fraction of sp³-hybridized carbons (Fsp3) is 0.360. The lowest BCUT2D eigenvalue weighted by Crippen LogP contribution is -2.39. The molecule has 178 valence electrons. The van der Waals surface area contributed by atoms with Crippen molar-refractivity contribution in [1.29, 1.82) is 0 Å². The van der Waals surface area contributed by atoms with Crippen molar-refractivity contribution < 1.29 is 14.4 Å². The highest BCUT2D eigenvalue weighted by Crippen LogP contribution is 2.35. The van der Waals surface area contributed by atoms with Crippen LogP contribution in [-0.2, 0) is 9.59 Å². The number of fused-ring (bicyclic) bond motifs is 1. The Morgan fingerprint density at radius 3 is 2.44 bits per heavy atom. The third-order valence-corrected chi connectivity index (χ3v) is 7.82. The summed E-state index contributed by atoms with van der Waals surface area (Å²) in [5.74, 6) is -0.662. The molecule has 3 amide bonds. The van der Waals surface area contributed by atoms with Crippen molar-refractivity contribution >= 4 is 61.9 Å². The van der Waals surface area contributed by atoms with E-state index in [2.05, 4.69) is 18.7 Å². The van der Waals surface area contributed by atoms with Gasteiger partial charge in [-0.1, -0.05) is 37.3 Å². The summed E-state index contributed by atoms with van der Waals surface area (Å²) in [6.45, 7) is 7.19. The van der Waals surface area contributed by atoms with Gasteiger partial charge >= 0.3 is 0 Å². The van der Waals surface area contributed by atoms with Crippen LogP contribution in [0.25, 0.3) is 10.2 Å². The van der Waals surface area contributed by atoms with Crippen molar-refractivity contribution in [3.05, 3.63) is 48.0 Å². The zero-order chi connectivity index (χ0) is 24.2. The molecule has 0 N–H and O–H groups in total. The number of para-hydroxylation sites is 1. The third-order valence-electron chi connectivity index (χ3n) is 6.00. The van der Waals surface area contributed by atoms with Crippen LogP contribution < -0.4 is 9.80 Å². The van der Waals surface area contributed by atoms with Crippen LogP contribution >= 0.6 is 23.1 Å². The normalized spacial score (nSPS) is 13.9. The summed E-state index contributed by atoms with van der Waals surface area (Å²) in [5.41, 5.74) is 1.77. The van der Waals surface area contributed by atoms with Gasteiger partial charge in [0.1, 0.15) is 0 Å². The van der Waals surface area contributed by atoms with Gasteiger partial charge in [0.15, 0.2) is 5.13 Å². The molecular weight excluding hydrogens is 468 g/mol. The molecule has 0 spiro atoms. The van der Waals surface area contributed by atoms with E-state index in [1.807, 2.05) is 24.5 Å². The standard InChI is InChI=1S/C25H28N4O3S2/c1-4-27(5-2)14-15-28(25-26-23-19(33-3)10-7-11-20(23)34-25)24(32)17-8-6-9-18(16-17)29-21(30)12-13-22(29)31/h6-11,16H,4-5,12-15H2,1-3H3. The van der Waals surface area contributed by atoms with Crippen molar-refractivity contribution in [2.24, 2.45) is 0 Å². The van der Waals surface area contributed by atoms with E-state index >= 15 is 0 Å². The van der Waals surface area contributed by atoms with Crippen LogP contribution in [0.2, 0.25) is 0 Å². The summed E-state index contributed by atoms with van der Waals surface area (Å²) in [7, 11) is 0. The van der Waals surface area contributed by atoms with Crippen LogP contribution in [0.5, 0.6) is 0 Å². The van der Waals surface area contributed by atoms with Crippen LogP contribution in [0.4, 0.5) is 10.8 Å². The first kappa shape index (κ1) is 24.4. The van der Waals surface area contributed by atoms with Gasteiger partial charge in [-0.2, -0.15) is 0 Å². The van der Waals surface area contributed by atoms with Crippen molar-refractivity contribution in [3.8, 4) is 0 Å². The van der Waals surface area contributed by atoms with Crippen molar-refractivity contribution in [2.45, 2.75) is 31.6 Å². The fourth-order valence-electron chi connectivity index (χ4n) is 4.06. The van der Waals surface area contributed by atoms with Gasteiger partial charge in [0.25, 0.3) is 5.91 Å². The predicted octanol–water partition coefficient (Wildman–Crippen LogP) is 4.66. The van der Waals surface area contributed by atoms with Gasteiger partial charge < -0.3 is 4.90 Å². The molecule has 34 heavy (non-hydrogen) atoms. The van der Waals surface area contributed by atoms with Crippen LogP contribution in [0.1, 0.15) is 37.0 Å². The van der Waals surface area contributed by atoms with Crippen molar-refractivity contribution in [3.63, 3.8) is 0 Å². The Morgan fingerprint density at radius 2 is 1.76 bits per heavy atom. The minimum atomic E-state index is -0.233. The molecule has 0 saturated carbocycles. The third kappa shape index (κ3) is 4.87.